The van der Waals surface area contributed by atoms with E-state index in [1.165, 1.54) is 45.1 Å². The van der Waals surface area contributed by atoms with E-state index in [1.807, 2.05) is 0 Å². The van der Waals surface area contributed by atoms with E-state index in [2.05, 4.69) is 26.1 Å². The second-order valence-corrected chi connectivity index (χ2v) is 6.41. The molecule has 1 rings (SSSR count). The zero-order valence-electron chi connectivity index (χ0n) is 11.6. The molecule has 2 nitrogen and oxygen atoms in total. The number of hydrogen-bond acceptors (Lipinski definition) is 2. The standard InChI is InChI=1S/C14H29NO/c1-13(2,3)15-12-14(8-5-6-9-14)10-7-11-16-4/h15H,5-12H2,1-4H3. The van der Waals surface area contributed by atoms with Crippen LogP contribution >= 0.6 is 0 Å². The van der Waals surface area contributed by atoms with Crippen LogP contribution in [0.3, 0.4) is 0 Å². The lowest BCUT2D eigenvalue weighted by molar-refractivity contribution is 0.159. The highest BCUT2D eigenvalue weighted by Gasteiger charge is 2.33. The number of rotatable bonds is 6. The van der Waals surface area contributed by atoms with E-state index < -0.39 is 0 Å². The Morgan fingerprint density at radius 2 is 1.81 bits per heavy atom. The molecular formula is C14H29NO. The predicted octanol–water partition coefficient (Wildman–Crippen LogP) is 3.36. The molecule has 1 saturated carbocycles. The Balaban J connectivity index is 2.39. The number of nitrogens with one attached hydrogen (secondary N) is 1. The molecule has 0 aromatic carbocycles. The van der Waals surface area contributed by atoms with Crippen LogP contribution in [0.5, 0.6) is 0 Å². The molecule has 16 heavy (non-hydrogen) atoms. The van der Waals surface area contributed by atoms with Crippen molar-refractivity contribution in [2.45, 2.75) is 64.8 Å². The Hall–Kier alpha value is -0.0800. The van der Waals surface area contributed by atoms with Gasteiger partial charge in [0.15, 0.2) is 0 Å². The van der Waals surface area contributed by atoms with E-state index >= 15 is 0 Å². The van der Waals surface area contributed by atoms with E-state index in [0.717, 1.165) is 6.61 Å². The first-order chi connectivity index (χ1) is 7.47. The molecule has 1 aliphatic rings. The maximum absolute atomic E-state index is 5.17. The number of hydrogen-bond donors (Lipinski definition) is 1. The Labute approximate surface area is 101 Å². The SMILES string of the molecule is COCCCC1(CNC(C)(C)C)CCCC1. The Kier molecular flexibility index (Phi) is 5.26. The van der Waals surface area contributed by atoms with Crippen LogP contribution in [0.2, 0.25) is 0 Å². The third-order valence-corrected chi connectivity index (χ3v) is 3.71. The molecule has 1 aliphatic carbocycles. The molecule has 0 saturated heterocycles. The molecule has 0 spiro atoms. The predicted molar refractivity (Wildman–Crippen MR) is 69.8 cm³/mol. The van der Waals surface area contributed by atoms with Gasteiger partial charge in [-0.3, -0.25) is 0 Å². The summed E-state index contributed by atoms with van der Waals surface area (Å²) in [7, 11) is 1.80. The van der Waals surface area contributed by atoms with Crippen LogP contribution in [-0.4, -0.2) is 25.8 Å². The summed E-state index contributed by atoms with van der Waals surface area (Å²) in [5.74, 6) is 0. The third kappa shape index (κ3) is 4.84. The van der Waals surface area contributed by atoms with Crippen LogP contribution in [0.15, 0.2) is 0 Å². The topological polar surface area (TPSA) is 21.3 Å². The van der Waals surface area contributed by atoms with Gasteiger partial charge < -0.3 is 10.1 Å². The van der Waals surface area contributed by atoms with E-state index in [9.17, 15) is 0 Å². The molecule has 0 heterocycles. The summed E-state index contributed by atoms with van der Waals surface area (Å²) in [6, 6.07) is 0. The lowest BCUT2D eigenvalue weighted by Crippen LogP contribution is -2.43. The van der Waals surface area contributed by atoms with E-state index in [0.29, 0.717) is 5.41 Å². The minimum Gasteiger partial charge on any atom is -0.385 e. The fraction of sp³-hybridized carbons (Fsp3) is 1.00. The summed E-state index contributed by atoms with van der Waals surface area (Å²) in [5.41, 5.74) is 0.808. The van der Waals surface area contributed by atoms with Gasteiger partial charge in [0.2, 0.25) is 0 Å². The fourth-order valence-corrected chi connectivity index (χ4v) is 2.68. The Morgan fingerprint density at radius 3 is 2.31 bits per heavy atom. The van der Waals surface area contributed by atoms with Gasteiger partial charge in [-0.15, -0.1) is 0 Å². The summed E-state index contributed by atoms with van der Waals surface area (Å²) in [6.45, 7) is 8.86. The van der Waals surface area contributed by atoms with Crippen LogP contribution in [-0.2, 0) is 4.74 Å². The van der Waals surface area contributed by atoms with Gasteiger partial charge in [0.1, 0.15) is 0 Å². The number of methoxy groups -OCH3 is 1. The third-order valence-electron chi connectivity index (χ3n) is 3.71. The maximum Gasteiger partial charge on any atom is 0.0462 e. The molecule has 0 amide bonds. The lowest BCUT2D eigenvalue weighted by Gasteiger charge is -2.33. The van der Waals surface area contributed by atoms with Crippen LogP contribution in [0.25, 0.3) is 0 Å². The molecular weight excluding hydrogens is 198 g/mol. The molecule has 96 valence electrons. The van der Waals surface area contributed by atoms with Crippen molar-refractivity contribution in [2.24, 2.45) is 5.41 Å². The van der Waals surface area contributed by atoms with Crippen molar-refractivity contribution in [3.05, 3.63) is 0 Å². The molecule has 0 unspecified atom stereocenters. The van der Waals surface area contributed by atoms with Crippen LogP contribution in [0, 0.1) is 5.41 Å². The normalized spacial score (nSPS) is 20.2. The van der Waals surface area contributed by atoms with Crippen molar-refractivity contribution in [1.29, 1.82) is 0 Å². The molecule has 1 N–H and O–H groups in total. The van der Waals surface area contributed by atoms with Crippen molar-refractivity contribution < 1.29 is 4.74 Å². The van der Waals surface area contributed by atoms with Gasteiger partial charge in [-0.2, -0.15) is 0 Å². The van der Waals surface area contributed by atoms with E-state index in [1.54, 1.807) is 7.11 Å². The van der Waals surface area contributed by atoms with Gasteiger partial charge in [-0.25, -0.2) is 0 Å². The van der Waals surface area contributed by atoms with Crippen molar-refractivity contribution in [3.63, 3.8) is 0 Å². The monoisotopic (exact) mass is 227 g/mol. The lowest BCUT2D eigenvalue weighted by atomic mass is 9.81. The van der Waals surface area contributed by atoms with Crippen LogP contribution in [0.4, 0.5) is 0 Å². The highest BCUT2D eigenvalue weighted by Crippen LogP contribution is 2.41. The average Bonchev–Trinajstić information content (AvgIpc) is 2.64. The summed E-state index contributed by atoms with van der Waals surface area (Å²) < 4.78 is 5.17. The first-order valence-electron chi connectivity index (χ1n) is 6.71. The zero-order valence-corrected chi connectivity index (χ0v) is 11.6. The first-order valence-corrected chi connectivity index (χ1v) is 6.71. The molecule has 2 heteroatoms. The van der Waals surface area contributed by atoms with Gasteiger partial charge in [0.25, 0.3) is 0 Å². The van der Waals surface area contributed by atoms with Crippen molar-refractivity contribution in [3.8, 4) is 0 Å². The molecule has 0 bridgehead atoms. The second kappa shape index (κ2) is 6.02. The second-order valence-electron chi connectivity index (χ2n) is 6.41. The zero-order chi connectivity index (χ0) is 12.1. The fourth-order valence-electron chi connectivity index (χ4n) is 2.68. The number of ether oxygens (including phenoxy) is 1. The van der Waals surface area contributed by atoms with Gasteiger partial charge in [0, 0.05) is 25.8 Å². The summed E-state index contributed by atoms with van der Waals surface area (Å²) >= 11 is 0. The largest absolute Gasteiger partial charge is 0.385 e. The van der Waals surface area contributed by atoms with Crippen LogP contribution in [0.1, 0.15) is 59.3 Å². The van der Waals surface area contributed by atoms with E-state index in [4.69, 9.17) is 4.74 Å². The summed E-state index contributed by atoms with van der Waals surface area (Å²) in [5, 5.41) is 3.69. The van der Waals surface area contributed by atoms with Gasteiger partial charge in [-0.05, 0) is 51.9 Å². The minimum absolute atomic E-state index is 0.247. The van der Waals surface area contributed by atoms with Crippen molar-refractivity contribution in [1.82, 2.24) is 5.32 Å². The van der Waals surface area contributed by atoms with Gasteiger partial charge >= 0.3 is 0 Å². The quantitative estimate of drug-likeness (QED) is 0.703. The van der Waals surface area contributed by atoms with E-state index in [-0.39, 0.29) is 5.54 Å². The Bertz CT molecular complexity index is 189. The maximum atomic E-state index is 5.17. The highest BCUT2D eigenvalue weighted by atomic mass is 16.5. The minimum atomic E-state index is 0.247. The smallest absolute Gasteiger partial charge is 0.0462 e. The highest BCUT2D eigenvalue weighted by molar-refractivity contribution is 4.88. The molecule has 0 aromatic rings. The molecule has 0 aliphatic heterocycles. The van der Waals surface area contributed by atoms with Gasteiger partial charge in [-0.1, -0.05) is 12.8 Å². The molecule has 0 radical (unpaired) electrons. The molecule has 1 fully saturated rings. The molecule has 0 aromatic heterocycles. The first kappa shape index (κ1) is 14.0. The summed E-state index contributed by atoms with van der Waals surface area (Å²) in [6.07, 6.45) is 8.17. The van der Waals surface area contributed by atoms with Crippen LogP contribution < -0.4 is 5.32 Å². The average molecular weight is 227 g/mol. The summed E-state index contributed by atoms with van der Waals surface area (Å²) in [4.78, 5) is 0. The van der Waals surface area contributed by atoms with Crippen molar-refractivity contribution in [2.75, 3.05) is 20.3 Å². The van der Waals surface area contributed by atoms with Gasteiger partial charge in [0.05, 0.1) is 0 Å². The molecule has 0 atom stereocenters. The van der Waals surface area contributed by atoms with Crippen molar-refractivity contribution >= 4 is 0 Å². The Morgan fingerprint density at radius 1 is 1.19 bits per heavy atom.